The predicted molar refractivity (Wildman–Crippen MR) is 108 cm³/mol. The van der Waals surface area contributed by atoms with Gasteiger partial charge in [0, 0.05) is 15.4 Å². The molecule has 134 valence electrons. The average molecular weight is 412 g/mol. The molecule has 0 heterocycles. The maximum atomic E-state index is 12.3. The molecule has 0 saturated heterocycles. The van der Waals surface area contributed by atoms with Gasteiger partial charge in [0.15, 0.2) is 0 Å². The van der Waals surface area contributed by atoms with E-state index in [-0.39, 0.29) is 5.91 Å². The smallest absolute Gasteiger partial charge is 0.230 e. The van der Waals surface area contributed by atoms with Crippen molar-refractivity contribution in [3.8, 4) is 0 Å². The summed E-state index contributed by atoms with van der Waals surface area (Å²) < 4.78 is 1.07. The Morgan fingerprint density at radius 2 is 1.42 bits per heavy atom. The molecule has 1 aliphatic rings. The first-order valence-corrected chi connectivity index (χ1v) is 11.2. The molecular weight excluding hydrogens is 382 g/mol. The van der Waals surface area contributed by atoms with E-state index in [0.29, 0.717) is 11.8 Å². The summed E-state index contributed by atoms with van der Waals surface area (Å²) in [6.45, 7) is 0. The van der Waals surface area contributed by atoms with Crippen molar-refractivity contribution in [1.82, 2.24) is 5.32 Å². The normalized spacial score (nSPS) is 18.4. The minimum atomic E-state index is 0.181. The van der Waals surface area contributed by atoms with Crippen molar-refractivity contribution < 1.29 is 4.79 Å². The summed E-state index contributed by atoms with van der Waals surface area (Å²) in [7, 11) is 0. The maximum absolute atomic E-state index is 12.3. The lowest BCUT2D eigenvalue weighted by atomic mass is 9.98. The Kier molecular flexibility index (Phi) is 9.89. The molecule has 1 amide bonds. The third kappa shape index (κ3) is 8.57. The van der Waals surface area contributed by atoms with Crippen LogP contribution in [0.15, 0.2) is 33.6 Å². The number of hydrogen-bond donors (Lipinski definition) is 1. The second-order valence-electron chi connectivity index (χ2n) is 6.77. The van der Waals surface area contributed by atoms with Gasteiger partial charge < -0.3 is 5.32 Å². The fourth-order valence-electron chi connectivity index (χ4n) is 3.26. The van der Waals surface area contributed by atoms with Crippen molar-refractivity contribution in [2.24, 2.45) is 0 Å². The molecule has 0 bridgehead atoms. The Hall–Kier alpha value is -0.480. The van der Waals surface area contributed by atoms with Gasteiger partial charge in [-0.05, 0) is 37.1 Å². The molecule has 1 aliphatic carbocycles. The number of rotatable bonds is 4. The van der Waals surface area contributed by atoms with Crippen LogP contribution in [0.25, 0.3) is 0 Å². The lowest BCUT2D eigenvalue weighted by molar-refractivity contribution is -0.119. The molecule has 0 radical (unpaired) electrons. The molecule has 4 heteroatoms. The van der Waals surface area contributed by atoms with Crippen LogP contribution in [0.2, 0.25) is 0 Å². The van der Waals surface area contributed by atoms with Crippen LogP contribution in [0.3, 0.4) is 0 Å². The fourth-order valence-corrected chi connectivity index (χ4v) is 4.23. The molecule has 2 nitrogen and oxygen atoms in total. The van der Waals surface area contributed by atoms with Crippen LogP contribution in [-0.2, 0) is 4.79 Å². The monoisotopic (exact) mass is 411 g/mol. The topological polar surface area (TPSA) is 29.1 Å². The Balaban J connectivity index is 1.73. The molecule has 1 N–H and O–H groups in total. The van der Waals surface area contributed by atoms with Gasteiger partial charge in [-0.2, -0.15) is 0 Å². The molecule has 0 aliphatic heterocycles. The van der Waals surface area contributed by atoms with Crippen molar-refractivity contribution in [2.45, 2.75) is 81.6 Å². The van der Waals surface area contributed by atoms with E-state index >= 15 is 0 Å². The Morgan fingerprint density at radius 3 is 1.96 bits per heavy atom. The van der Waals surface area contributed by atoms with E-state index in [0.717, 1.165) is 22.2 Å². The number of thioether (sulfide) groups is 1. The molecule has 1 aromatic carbocycles. The van der Waals surface area contributed by atoms with Gasteiger partial charge >= 0.3 is 0 Å². The van der Waals surface area contributed by atoms with Crippen LogP contribution >= 0.6 is 27.7 Å². The Bertz CT molecular complexity index is 465. The van der Waals surface area contributed by atoms with Crippen molar-refractivity contribution in [1.29, 1.82) is 0 Å². The minimum Gasteiger partial charge on any atom is -0.353 e. The fraction of sp³-hybridized carbons (Fsp3) is 0.650. The molecule has 0 atom stereocenters. The second-order valence-corrected chi connectivity index (χ2v) is 8.73. The summed E-state index contributed by atoms with van der Waals surface area (Å²) in [5.41, 5.74) is 0. The number of amides is 1. The summed E-state index contributed by atoms with van der Waals surface area (Å²) in [5.74, 6) is 0.693. The molecular formula is C20H30BrNOS. The van der Waals surface area contributed by atoms with Crippen LogP contribution in [0.4, 0.5) is 0 Å². The van der Waals surface area contributed by atoms with Gasteiger partial charge in [0.2, 0.25) is 5.91 Å². The molecule has 24 heavy (non-hydrogen) atoms. The molecule has 1 fully saturated rings. The zero-order chi connectivity index (χ0) is 17.0. The minimum absolute atomic E-state index is 0.181. The SMILES string of the molecule is O=C(CSc1ccc(Br)cc1)NC1CCCCCCCCCCC1. The first-order valence-electron chi connectivity index (χ1n) is 9.42. The van der Waals surface area contributed by atoms with Gasteiger partial charge in [-0.25, -0.2) is 0 Å². The van der Waals surface area contributed by atoms with Crippen molar-refractivity contribution >= 4 is 33.6 Å². The summed E-state index contributed by atoms with van der Waals surface area (Å²) >= 11 is 5.05. The summed E-state index contributed by atoms with van der Waals surface area (Å²) in [6.07, 6.45) is 14.4. The van der Waals surface area contributed by atoms with Crippen LogP contribution in [0.1, 0.15) is 70.6 Å². The molecule has 0 spiro atoms. The van der Waals surface area contributed by atoms with Gasteiger partial charge in [-0.3, -0.25) is 4.79 Å². The van der Waals surface area contributed by atoms with Crippen LogP contribution in [0, 0.1) is 0 Å². The van der Waals surface area contributed by atoms with Gasteiger partial charge in [0.05, 0.1) is 5.75 Å². The zero-order valence-electron chi connectivity index (χ0n) is 14.6. The highest BCUT2D eigenvalue weighted by atomic mass is 79.9. The standard InChI is InChI=1S/C20H30BrNOS/c21-17-12-14-19(15-13-17)24-16-20(23)22-18-10-8-6-4-2-1-3-5-7-9-11-18/h12-15,18H,1-11,16H2,(H,22,23). The van der Waals surface area contributed by atoms with Gasteiger partial charge in [-0.15, -0.1) is 11.8 Å². The van der Waals surface area contributed by atoms with Gasteiger partial charge in [0.1, 0.15) is 0 Å². The zero-order valence-corrected chi connectivity index (χ0v) is 17.0. The Labute approximate surface area is 159 Å². The van der Waals surface area contributed by atoms with Crippen molar-refractivity contribution in [3.63, 3.8) is 0 Å². The van der Waals surface area contributed by atoms with E-state index in [2.05, 4.69) is 33.4 Å². The molecule has 0 aromatic heterocycles. The number of halogens is 1. The van der Waals surface area contributed by atoms with E-state index in [4.69, 9.17) is 0 Å². The van der Waals surface area contributed by atoms with Gasteiger partial charge in [-0.1, -0.05) is 73.7 Å². The Morgan fingerprint density at radius 1 is 0.917 bits per heavy atom. The first-order chi connectivity index (χ1) is 11.7. The highest BCUT2D eigenvalue weighted by Crippen LogP contribution is 2.21. The largest absolute Gasteiger partial charge is 0.353 e. The van der Waals surface area contributed by atoms with E-state index in [1.807, 2.05) is 12.1 Å². The number of carbonyl (C=O) groups excluding carboxylic acids is 1. The van der Waals surface area contributed by atoms with Crippen LogP contribution < -0.4 is 5.32 Å². The average Bonchev–Trinajstić information content (AvgIpc) is 2.57. The highest BCUT2D eigenvalue weighted by molar-refractivity contribution is 9.10. The highest BCUT2D eigenvalue weighted by Gasteiger charge is 2.13. The summed E-state index contributed by atoms with van der Waals surface area (Å²) in [5, 5.41) is 3.28. The number of nitrogens with one attached hydrogen (secondary N) is 1. The third-order valence-electron chi connectivity index (χ3n) is 4.65. The summed E-state index contributed by atoms with van der Waals surface area (Å²) in [6, 6.07) is 8.53. The predicted octanol–water partition coefficient (Wildman–Crippen LogP) is 6.33. The summed E-state index contributed by atoms with van der Waals surface area (Å²) in [4.78, 5) is 13.4. The third-order valence-corrected chi connectivity index (χ3v) is 6.19. The first kappa shape index (κ1) is 19.8. The molecule has 1 saturated carbocycles. The van der Waals surface area contributed by atoms with Gasteiger partial charge in [0.25, 0.3) is 0 Å². The number of carbonyl (C=O) groups is 1. The molecule has 2 rings (SSSR count). The quantitative estimate of drug-likeness (QED) is 0.586. The molecule has 1 aromatic rings. The maximum Gasteiger partial charge on any atom is 0.230 e. The lowest BCUT2D eigenvalue weighted by Gasteiger charge is -2.19. The number of hydrogen-bond acceptors (Lipinski definition) is 2. The van der Waals surface area contributed by atoms with E-state index in [1.165, 1.54) is 57.8 Å². The van der Waals surface area contributed by atoms with E-state index in [9.17, 15) is 4.79 Å². The van der Waals surface area contributed by atoms with Crippen LogP contribution in [-0.4, -0.2) is 17.7 Å². The van der Waals surface area contributed by atoms with E-state index < -0.39 is 0 Å². The number of benzene rings is 1. The lowest BCUT2D eigenvalue weighted by Crippen LogP contribution is -2.36. The van der Waals surface area contributed by atoms with Crippen molar-refractivity contribution in [2.75, 3.05) is 5.75 Å². The second kappa shape index (κ2) is 12.0. The van der Waals surface area contributed by atoms with Crippen LogP contribution in [0.5, 0.6) is 0 Å². The van der Waals surface area contributed by atoms with E-state index in [1.54, 1.807) is 11.8 Å². The van der Waals surface area contributed by atoms with Crippen molar-refractivity contribution in [3.05, 3.63) is 28.7 Å². The molecule has 0 unspecified atom stereocenters.